The highest BCUT2D eigenvalue weighted by Gasteiger charge is 2.14. The van der Waals surface area contributed by atoms with Gasteiger partial charge in [0.05, 0.1) is 6.42 Å². The summed E-state index contributed by atoms with van der Waals surface area (Å²) in [7, 11) is 1.68. The molecule has 0 fully saturated rings. The van der Waals surface area contributed by atoms with Gasteiger partial charge in [0.2, 0.25) is 5.91 Å². The monoisotopic (exact) mass is 349 g/mol. The summed E-state index contributed by atoms with van der Waals surface area (Å²) in [6, 6.07) is 14.7. The van der Waals surface area contributed by atoms with Gasteiger partial charge < -0.3 is 10.6 Å². The van der Waals surface area contributed by atoms with Crippen LogP contribution in [0.5, 0.6) is 0 Å². The maximum atomic E-state index is 12.2. The summed E-state index contributed by atoms with van der Waals surface area (Å²) in [6.07, 6.45) is 3.62. The number of pyridine rings is 1. The summed E-state index contributed by atoms with van der Waals surface area (Å²) in [5, 5.41) is 9.72. The second-order valence-corrected chi connectivity index (χ2v) is 5.79. The number of anilines is 1. The molecular weight excluding hydrogens is 330 g/mol. The summed E-state index contributed by atoms with van der Waals surface area (Å²) < 4.78 is 1.47. The van der Waals surface area contributed by atoms with Crippen LogP contribution in [0.15, 0.2) is 60.9 Å². The predicted octanol–water partition coefficient (Wildman–Crippen LogP) is 1.93. The number of aryl methyl sites for hydroxylation is 1. The molecule has 0 saturated heterocycles. The Balaban J connectivity index is 1.59. The first kappa shape index (κ1) is 17.3. The highest BCUT2D eigenvalue weighted by molar-refractivity contribution is 5.95. The van der Waals surface area contributed by atoms with Crippen molar-refractivity contribution in [1.82, 2.24) is 20.1 Å². The van der Waals surface area contributed by atoms with E-state index in [1.165, 1.54) is 4.68 Å². The van der Waals surface area contributed by atoms with E-state index >= 15 is 0 Å². The van der Waals surface area contributed by atoms with Gasteiger partial charge >= 0.3 is 0 Å². The van der Waals surface area contributed by atoms with Crippen molar-refractivity contribution >= 4 is 17.6 Å². The minimum Gasteiger partial charge on any atom is -0.347 e. The zero-order chi connectivity index (χ0) is 18.4. The summed E-state index contributed by atoms with van der Waals surface area (Å²) in [5.41, 5.74) is 2.06. The Morgan fingerprint density at radius 3 is 2.58 bits per heavy atom. The van der Waals surface area contributed by atoms with Gasteiger partial charge in [0, 0.05) is 32.1 Å². The zero-order valence-corrected chi connectivity index (χ0v) is 14.3. The van der Waals surface area contributed by atoms with Crippen LogP contribution in [0.4, 0.5) is 5.82 Å². The number of rotatable bonds is 6. The third-order valence-electron chi connectivity index (χ3n) is 3.76. The van der Waals surface area contributed by atoms with E-state index < -0.39 is 0 Å². The predicted molar refractivity (Wildman–Crippen MR) is 97.4 cm³/mol. The molecule has 2 amide bonds. The number of nitrogens with zero attached hydrogens (tertiary/aromatic N) is 3. The Hall–Kier alpha value is -3.48. The number of aromatic nitrogens is 3. The standard InChI is InChI=1S/C19H19N5O2/c1-24-17(22-18(25)10-14-6-3-2-4-7-14)11-16(23-24)19(26)21-13-15-8-5-9-20-12-15/h2-9,11-12H,10,13H2,1H3,(H,21,26)(H,22,25). The lowest BCUT2D eigenvalue weighted by Gasteiger charge is -2.04. The second-order valence-electron chi connectivity index (χ2n) is 5.79. The molecule has 0 radical (unpaired) electrons. The van der Waals surface area contributed by atoms with E-state index in [0.717, 1.165) is 11.1 Å². The van der Waals surface area contributed by atoms with Crippen molar-refractivity contribution in [2.45, 2.75) is 13.0 Å². The molecule has 1 aromatic carbocycles. The number of hydrogen-bond donors (Lipinski definition) is 2. The Labute approximate surface area is 151 Å². The van der Waals surface area contributed by atoms with E-state index in [2.05, 4.69) is 20.7 Å². The lowest BCUT2D eigenvalue weighted by atomic mass is 10.1. The van der Waals surface area contributed by atoms with Crippen LogP contribution in [0.1, 0.15) is 21.6 Å². The smallest absolute Gasteiger partial charge is 0.272 e. The molecule has 7 nitrogen and oxygen atoms in total. The van der Waals surface area contributed by atoms with Crippen molar-refractivity contribution in [3.05, 3.63) is 77.7 Å². The lowest BCUT2D eigenvalue weighted by Crippen LogP contribution is -2.23. The van der Waals surface area contributed by atoms with E-state index in [1.54, 1.807) is 25.5 Å². The fourth-order valence-electron chi connectivity index (χ4n) is 2.44. The number of carbonyl (C=O) groups is 2. The molecule has 0 saturated carbocycles. The quantitative estimate of drug-likeness (QED) is 0.712. The summed E-state index contributed by atoms with van der Waals surface area (Å²) >= 11 is 0. The molecule has 2 N–H and O–H groups in total. The molecule has 2 aromatic heterocycles. The topological polar surface area (TPSA) is 88.9 Å². The fourth-order valence-corrected chi connectivity index (χ4v) is 2.44. The van der Waals surface area contributed by atoms with Gasteiger partial charge in [-0.3, -0.25) is 19.3 Å². The van der Waals surface area contributed by atoms with E-state index in [4.69, 9.17) is 0 Å². The van der Waals surface area contributed by atoms with Crippen LogP contribution in [0.2, 0.25) is 0 Å². The van der Waals surface area contributed by atoms with Crippen LogP contribution in [-0.4, -0.2) is 26.6 Å². The van der Waals surface area contributed by atoms with E-state index in [0.29, 0.717) is 12.4 Å². The van der Waals surface area contributed by atoms with Crippen LogP contribution in [0.3, 0.4) is 0 Å². The maximum absolute atomic E-state index is 12.2. The molecule has 0 aliphatic carbocycles. The molecule has 7 heteroatoms. The van der Waals surface area contributed by atoms with E-state index in [1.807, 2.05) is 42.5 Å². The second kappa shape index (κ2) is 8.06. The zero-order valence-electron chi connectivity index (χ0n) is 14.3. The normalized spacial score (nSPS) is 10.3. The molecule has 0 atom stereocenters. The van der Waals surface area contributed by atoms with Gasteiger partial charge in [0.1, 0.15) is 5.82 Å². The van der Waals surface area contributed by atoms with Crippen molar-refractivity contribution < 1.29 is 9.59 Å². The van der Waals surface area contributed by atoms with Crippen LogP contribution in [0, 0.1) is 0 Å². The van der Waals surface area contributed by atoms with Crippen LogP contribution < -0.4 is 10.6 Å². The molecule has 0 unspecified atom stereocenters. The molecular formula is C19H19N5O2. The van der Waals surface area contributed by atoms with E-state index in [-0.39, 0.29) is 23.9 Å². The van der Waals surface area contributed by atoms with E-state index in [9.17, 15) is 9.59 Å². The summed E-state index contributed by atoms with van der Waals surface area (Å²) in [6.45, 7) is 0.360. The number of benzene rings is 1. The number of carbonyl (C=O) groups excluding carboxylic acids is 2. The number of nitrogens with one attached hydrogen (secondary N) is 2. The first-order chi connectivity index (χ1) is 12.6. The Morgan fingerprint density at radius 2 is 1.85 bits per heavy atom. The molecule has 3 aromatic rings. The Morgan fingerprint density at radius 1 is 1.08 bits per heavy atom. The molecule has 26 heavy (non-hydrogen) atoms. The molecule has 132 valence electrons. The third kappa shape index (κ3) is 4.54. The maximum Gasteiger partial charge on any atom is 0.272 e. The van der Waals surface area contributed by atoms with Crippen molar-refractivity contribution in [2.75, 3.05) is 5.32 Å². The van der Waals surface area contributed by atoms with Crippen LogP contribution in [-0.2, 0) is 24.8 Å². The number of hydrogen-bond acceptors (Lipinski definition) is 4. The number of amides is 2. The molecule has 0 bridgehead atoms. The highest BCUT2D eigenvalue weighted by atomic mass is 16.2. The van der Waals surface area contributed by atoms with Gasteiger partial charge in [-0.2, -0.15) is 5.10 Å². The minimum absolute atomic E-state index is 0.165. The first-order valence-electron chi connectivity index (χ1n) is 8.17. The Bertz CT molecular complexity index is 891. The first-order valence-corrected chi connectivity index (χ1v) is 8.17. The van der Waals surface area contributed by atoms with Gasteiger partial charge in [-0.15, -0.1) is 0 Å². The summed E-state index contributed by atoms with van der Waals surface area (Å²) in [5.74, 6) is -0.00742. The van der Waals surface area contributed by atoms with Crippen LogP contribution in [0.25, 0.3) is 0 Å². The van der Waals surface area contributed by atoms with Gasteiger partial charge in [-0.05, 0) is 17.2 Å². The van der Waals surface area contributed by atoms with Crippen molar-refractivity contribution in [3.8, 4) is 0 Å². The van der Waals surface area contributed by atoms with Gasteiger partial charge in [0.15, 0.2) is 5.69 Å². The fraction of sp³-hybridized carbons (Fsp3) is 0.158. The Kier molecular flexibility index (Phi) is 5.38. The van der Waals surface area contributed by atoms with Crippen molar-refractivity contribution in [2.24, 2.45) is 7.05 Å². The van der Waals surface area contributed by atoms with Gasteiger partial charge in [-0.25, -0.2) is 0 Å². The van der Waals surface area contributed by atoms with Crippen LogP contribution >= 0.6 is 0 Å². The summed E-state index contributed by atoms with van der Waals surface area (Å²) in [4.78, 5) is 28.4. The largest absolute Gasteiger partial charge is 0.347 e. The average molecular weight is 349 g/mol. The van der Waals surface area contributed by atoms with Crippen molar-refractivity contribution in [3.63, 3.8) is 0 Å². The van der Waals surface area contributed by atoms with Gasteiger partial charge in [0.25, 0.3) is 5.91 Å². The molecule has 2 heterocycles. The van der Waals surface area contributed by atoms with Crippen molar-refractivity contribution in [1.29, 1.82) is 0 Å². The van der Waals surface area contributed by atoms with Gasteiger partial charge in [-0.1, -0.05) is 36.4 Å². The highest BCUT2D eigenvalue weighted by Crippen LogP contribution is 2.10. The average Bonchev–Trinajstić information content (AvgIpc) is 3.02. The molecule has 0 aliphatic heterocycles. The SMILES string of the molecule is Cn1nc(C(=O)NCc2cccnc2)cc1NC(=O)Cc1ccccc1. The minimum atomic E-state index is -0.312. The molecule has 0 spiro atoms. The third-order valence-corrected chi connectivity index (χ3v) is 3.76. The molecule has 0 aliphatic rings. The molecule has 3 rings (SSSR count). The lowest BCUT2D eigenvalue weighted by molar-refractivity contribution is -0.115.